The first-order valence-corrected chi connectivity index (χ1v) is 7.80. The van der Waals surface area contributed by atoms with E-state index >= 15 is 0 Å². The number of benzene rings is 1. The number of carboxylic acid groups (broad SMARTS) is 1. The lowest BCUT2D eigenvalue weighted by molar-refractivity contribution is -0.141. The van der Waals surface area contributed by atoms with Gasteiger partial charge in [0.1, 0.15) is 11.8 Å². The summed E-state index contributed by atoms with van der Waals surface area (Å²) in [7, 11) is 1.63. The number of rotatable bonds is 8. The molecule has 0 saturated heterocycles. The van der Waals surface area contributed by atoms with E-state index < -0.39 is 12.0 Å². The van der Waals surface area contributed by atoms with Crippen LogP contribution in [0.3, 0.4) is 0 Å². The van der Waals surface area contributed by atoms with Crippen molar-refractivity contribution >= 4 is 23.6 Å². The number of nitrogens with one attached hydrogen (secondary N) is 1. The maximum Gasteiger partial charge on any atom is 0.326 e. The van der Waals surface area contributed by atoms with E-state index in [1.165, 1.54) is 6.92 Å². The number of amides is 1. The normalized spacial score (nSPS) is 11.8. The zero-order valence-corrected chi connectivity index (χ0v) is 13.3. The predicted octanol–water partition coefficient (Wildman–Crippen LogP) is 2.22. The van der Waals surface area contributed by atoms with Gasteiger partial charge in [0.2, 0.25) is 5.91 Å². The molecule has 0 fully saturated rings. The summed E-state index contributed by atoms with van der Waals surface area (Å²) in [4.78, 5) is 21.9. The minimum Gasteiger partial charge on any atom is -0.496 e. The summed E-state index contributed by atoms with van der Waals surface area (Å²) in [6.07, 6.45) is 0.397. The average molecular weight is 311 g/mol. The summed E-state index contributed by atoms with van der Waals surface area (Å²) >= 11 is 1.62. The summed E-state index contributed by atoms with van der Waals surface area (Å²) in [6.45, 7) is 3.34. The lowest BCUT2D eigenvalue weighted by Crippen LogP contribution is -2.39. The number of ether oxygens (including phenoxy) is 1. The maximum atomic E-state index is 11.0. The molecule has 5 nitrogen and oxygen atoms in total. The van der Waals surface area contributed by atoms with Crippen LogP contribution < -0.4 is 10.1 Å². The van der Waals surface area contributed by atoms with Gasteiger partial charge in [0.05, 0.1) is 7.11 Å². The van der Waals surface area contributed by atoms with Crippen molar-refractivity contribution in [2.75, 3.05) is 12.9 Å². The number of hydrogen-bond donors (Lipinski definition) is 2. The van der Waals surface area contributed by atoms with Crippen LogP contribution in [-0.2, 0) is 15.3 Å². The molecule has 0 radical (unpaired) electrons. The molecule has 0 spiro atoms. The number of methoxy groups -OCH3 is 1. The highest BCUT2D eigenvalue weighted by atomic mass is 32.2. The lowest BCUT2D eigenvalue weighted by Gasteiger charge is -2.13. The molecule has 1 atom stereocenters. The number of carbonyl (C=O) groups is 2. The fraction of sp³-hybridized carbons (Fsp3) is 0.467. The van der Waals surface area contributed by atoms with Gasteiger partial charge < -0.3 is 15.2 Å². The molecule has 1 aromatic rings. The van der Waals surface area contributed by atoms with Gasteiger partial charge in [-0.05, 0) is 25.2 Å². The molecule has 0 heterocycles. The molecule has 0 aliphatic rings. The van der Waals surface area contributed by atoms with Crippen molar-refractivity contribution in [1.82, 2.24) is 5.32 Å². The van der Waals surface area contributed by atoms with Crippen LogP contribution in [0.4, 0.5) is 0 Å². The second-order valence-corrected chi connectivity index (χ2v) is 5.85. The topological polar surface area (TPSA) is 75.6 Å². The molecule has 6 heteroatoms. The summed E-state index contributed by atoms with van der Waals surface area (Å²) in [5.74, 6) is 0.905. The van der Waals surface area contributed by atoms with E-state index in [9.17, 15) is 9.59 Å². The zero-order valence-electron chi connectivity index (χ0n) is 12.5. The highest BCUT2D eigenvalue weighted by Gasteiger charge is 2.17. The minimum absolute atomic E-state index is 0.326. The molecular weight excluding hydrogens is 290 g/mol. The molecular formula is C15H21NO4S. The van der Waals surface area contributed by atoms with Crippen LogP contribution in [0.25, 0.3) is 0 Å². The van der Waals surface area contributed by atoms with Crippen molar-refractivity contribution in [3.05, 3.63) is 29.3 Å². The number of thioether (sulfide) groups is 1. The fourth-order valence-corrected chi connectivity index (χ4v) is 2.90. The second-order valence-electron chi connectivity index (χ2n) is 4.75. The highest BCUT2D eigenvalue weighted by molar-refractivity contribution is 7.98. The Morgan fingerprint density at radius 2 is 2.14 bits per heavy atom. The molecule has 2 N–H and O–H groups in total. The summed E-state index contributed by atoms with van der Waals surface area (Å²) in [6, 6.07) is 5.16. The number of hydrogen-bond acceptors (Lipinski definition) is 4. The first-order valence-electron chi connectivity index (χ1n) is 6.65. The lowest BCUT2D eigenvalue weighted by atomic mass is 10.1. The summed E-state index contributed by atoms with van der Waals surface area (Å²) < 4.78 is 5.30. The Kier molecular flexibility index (Phi) is 7.08. The van der Waals surface area contributed by atoms with Gasteiger partial charge in [-0.25, -0.2) is 4.79 Å². The van der Waals surface area contributed by atoms with Gasteiger partial charge in [-0.1, -0.05) is 17.7 Å². The quantitative estimate of drug-likeness (QED) is 0.720. The molecule has 116 valence electrons. The van der Waals surface area contributed by atoms with Crippen molar-refractivity contribution in [3.8, 4) is 5.75 Å². The molecule has 21 heavy (non-hydrogen) atoms. The number of carbonyl (C=O) groups excluding carboxylic acids is 1. The van der Waals surface area contributed by atoms with E-state index in [0.717, 1.165) is 22.6 Å². The predicted molar refractivity (Wildman–Crippen MR) is 83.8 cm³/mol. The number of carboxylic acids is 1. The second kappa shape index (κ2) is 8.56. The standard InChI is InChI=1S/C15H21NO4S/c1-10-4-5-14(20-3)12(8-10)9-21-7-6-13(15(18)19)16-11(2)17/h4-5,8,13H,6-7,9H2,1-3H3,(H,16,17)(H,18,19). The molecule has 1 unspecified atom stereocenters. The third-order valence-corrected chi connectivity index (χ3v) is 3.96. The van der Waals surface area contributed by atoms with Crippen LogP contribution in [0.1, 0.15) is 24.5 Å². The Morgan fingerprint density at radius 1 is 1.43 bits per heavy atom. The molecule has 1 rings (SSSR count). The maximum absolute atomic E-state index is 11.0. The van der Waals surface area contributed by atoms with Crippen molar-refractivity contribution < 1.29 is 19.4 Å². The zero-order chi connectivity index (χ0) is 15.8. The molecule has 0 aromatic heterocycles. The van der Waals surface area contributed by atoms with E-state index in [1.807, 2.05) is 19.1 Å². The largest absolute Gasteiger partial charge is 0.496 e. The van der Waals surface area contributed by atoms with E-state index in [0.29, 0.717) is 12.2 Å². The van der Waals surface area contributed by atoms with Crippen LogP contribution in [0.2, 0.25) is 0 Å². The average Bonchev–Trinajstić information content (AvgIpc) is 2.41. The Morgan fingerprint density at radius 3 is 2.71 bits per heavy atom. The smallest absolute Gasteiger partial charge is 0.326 e. The third kappa shape index (κ3) is 6.08. The minimum atomic E-state index is -1.00. The third-order valence-electron chi connectivity index (χ3n) is 2.92. The van der Waals surface area contributed by atoms with Crippen molar-refractivity contribution in [3.63, 3.8) is 0 Å². The van der Waals surface area contributed by atoms with Crippen LogP contribution in [0.15, 0.2) is 18.2 Å². The van der Waals surface area contributed by atoms with Crippen LogP contribution >= 0.6 is 11.8 Å². The monoisotopic (exact) mass is 311 g/mol. The van der Waals surface area contributed by atoms with E-state index in [4.69, 9.17) is 9.84 Å². The van der Waals surface area contributed by atoms with Gasteiger partial charge in [0.15, 0.2) is 0 Å². The summed E-state index contributed by atoms with van der Waals surface area (Å²) in [5, 5.41) is 11.4. The molecule has 0 saturated carbocycles. The van der Waals surface area contributed by atoms with E-state index in [2.05, 4.69) is 11.4 Å². The molecule has 1 aromatic carbocycles. The van der Waals surface area contributed by atoms with Crippen molar-refractivity contribution in [1.29, 1.82) is 0 Å². The van der Waals surface area contributed by atoms with Gasteiger partial charge >= 0.3 is 5.97 Å². The summed E-state index contributed by atoms with van der Waals surface area (Å²) in [5.41, 5.74) is 2.25. The van der Waals surface area contributed by atoms with Gasteiger partial charge in [0, 0.05) is 18.2 Å². The van der Waals surface area contributed by atoms with Crippen molar-refractivity contribution in [2.24, 2.45) is 0 Å². The van der Waals surface area contributed by atoms with Crippen LogP contribution in [0, 0.1) is 6.92 Å². The molecule has 0 aliphatic heterocycles. The first kappa shape index (κ1) is 17.4. The van der Waals surface area contributed by atoms with Crippen LogP contribution in [-0.4, -0.2) is 35.9 Å². The number of aliphatic carboxylic acids is 1. The Labute approximate surface area is 129 Å². The highest BCUT2D eigenvalue weighted by Crippen LogP contribution is 2.24. The SMILES string of the molecule is COc1ccc(C)cc1CSCCC(NC(C)=O)C(=O)O. The van der Waals surface area contributed by atoms with Gasteiger partial charge in [-0.15, -0.1) is 0 Å². The Hall–Kier alpha value is -1.69. The van der Waals surface area contributed by atoms with Crippen molar-refractivity contribution in [2.45, 2.75) is 32.1 Å². The van der Waals surface area contributed by atoms with E-state index in [-0.39, 0.29) is 5.91 Å². The van der Waals surface area contributed by atoms with Gasteiger partial charge in [-0.3, -0.25) is 4.79 Å². The van der Waals surface area contributed by atoms with Gasteiger partial charge in [-0.2, -0.15) is 11.8 Å². The molecule has 0 aliphatic carbocycles. The first-order chi connectivity index (χ1) is 9.93. The van der Waals surface area contributed by atoms with E-state index in [1.54, 1.807) is 18.9 Å². The molecule has 0 bridgehead atoms. The van der Waals surface area contributed by atoms with Crippen LogP contribution in [0.5, 0.6) is 5.75 Å². The Bertz CT molecular complexity index is 504. The fourth-order valence-electron chi connectivity index (χ4n) is 1.91. The Balaban J connectivity index is 2.48. The van der Waals surface area contributed by atoms with Gasteiger partial charge in [0.25, 0.3) is 0 Å². The number of aryl methyl sites for hydroxylation is 1. The molecule has 1 amide bonds.